The van der Waals surface area contributed by atoms with Crippen molar-refractivity contribution >= 4 is 21.6 Å². The molecular weight excluding hydrogens is 444 g/mol. The average Bonchev–Trinajstić information content (AvgIpc) is 3.24. The van der Waals surface area contributed by atoms with Gasteiger partial charge in [0.25, 0.3) is 0 Å². The minimum Gasteiger partial charge on any atom is -0.300 e. The quantitative estimate of drug-likeness (QED) is 0.715. The fourth-order valence-corrected chi connectivity index (χ4v) is 8.50. The number of hydrazine groups is 1. The zero-order chi connectivity index (χ0) is 21.9. The Morgan fingerprint density at radius 3 is 2.50 bits per heavy atom. The van der Waals surface area contributed by atoms with Crippen molar-refractivity contribution in [1.82, 2.24) is 20.1 Å². The summed E-state index contributed by atoms with van der Waals surface area (Å²) in [5, 5.41) is 6.70. The van der Waals surface area contributed by atoms with Crippen LogP contribution in [0, 0.1) is 5.92 Å². The van der Waals surface area contributed by atoms with E-state index in [1.54, 1.807) is 24.3 Å². The molecule has 2 bridgehead atoms. The highest BCUT2D eigenvalue weighted by molar-refractivity contribution is 7.89. The Morgan fingerprint density at radius 1 is 0.938 bits per heavy atom. The molecule has 0 spiro atoms. The molecule has 4 aliphatic rings. The van der Waals surface area contributed by atoms with Crippen LogP contribution in [-0.4, -0.2) is 48.6 Å². The summed E-state index contributed by atoms with van der Waals surface area (Å²) >= 11 is 6.01. The molecule has 4 fully saturated rings. The number of sulfonamides is 1. The van der Waals surface area contributed by atoms with Crippen molar-refractivity contribution in [2.45, 2.75) is 67.3 Å². The Bertz CT molecular complexity index is 1080. The number of hydrogen-bond donors (Lipinski definition) is 2. The van der Waals surface area contributed by atoms with Gasteiger partial charge in [-0.15, -0.1) is 0 Å². The first-order valence-corrected chi connectivity index (χ1v) is 13.5. The highest BCUT2D eigenvalue weighted by Gasteiger charge is 2.55. The number of rotatable bonds is 3. The fourth-order valence-electron chi connectivity index (χ4n) is 6.45. The molecule has 2 N–H and O–H groups in total. The van der Waals surface area contributed by atoms with Crippen LogP contribution in [0.1, 0.15) is 43.7 Å². The van der Waals surface area contributed by atoms with Crippen LogP contribution >= 0.6 is 11.6 Å². The molecule has 0 radical (unpaired) electrons. The van der Waals surface area contributed by atoms with Crippen LogP contribution < -0.4 is 10.7 Å². The van der Waals surface area contributed by atoms with Gasteiger partial charge in [-0.3, -0.25) is 0 Å². The molecule has 0 saturated carbocycles. The van der Waals surface area contributed by atoms with Gasteiger partial charge < -0.3 is 5.32 Å². The number of nitrogens with one attached hydrogen (secondary N) is 2. The minimum absolute atomic E-state index is 0.0270. The van der Waals surface area contributed by atoms with Gasteiger partial charge in [0, 0.05) is 41.7 Å². The molecule has 32 heavy (non-hydrogen) atoms. The van der Waals surface area contributed by atoms with Crippen LogP contribution in [0.25, 0.3) is 0 Å². The Balaban J connectivity index is 1.28. The van der Waals surface area contributed by atoms with E-state index in [-0.39, 0.29) is 18.0 Å². The Hall–Kier alpha value is -1.48. The number of halogens is 1. The number of hydrogen-bond acceptors (Lipinski definition) is 5. The highest BCUT2D eigenvalue weighted by Crippen LogP contribution is 2.45. The number of fused-ring (bicyclic) bond motifs is 6. The number of piperidine rings is 2. The van der Waals surface area contributed by atoms with Gasteiger partial charge in [0.1, 0.15) is 0 Å². The number of nitrogens with zero attached hydrogens (tertiary/aromatic N) is 2. The van der Waals surface area contributed by atoms with Crippen LogP contribution in [0.5, 0.6) is 0 Å². The van der Waals surface area contributed by atoms with Gasteiger partial charge in [-0.25, -0.2) is 18.9 Å². The van der Waals surface area contributed by atoms with Crippen molar-refractivity contribution in [2.24, 2.45) is 5.92 Å². The molecule has 2 aromatic rings. The second-order valence-corrected chi connectivity index (χ2v) is 11.8. The Labute approximate surface area is 194 Å². The first-order chi connectivity index (χ1) is 15.5. The van der Waals surface area contributed by atoms with Gasteiger partial charge in [-0.2, -0.15) is 4.31 Å². The second-order valence-electron chi connectivity index (χ2n) is 9.57. The highest BCUT2D eigenvalue weighted by atomic mass is 35.5. The molecule has 8 heteroatoms. The monoisotopic (exact) mass is 472 g/mol. The van der Waals surface area contributed by atoms with Crippen molar-refractivity contribution in [2.75, 3.05) is 6.54 Å². The fraction of sp³-hybridized carbons (Fsp3) is 0.500. The van der Waals surface area contributed by atoms with E-state index in [1.807, 2.05) is 4.31 Å². The topological polar surface area (TPSA) is 64.7 Å². The van der Waals surface area contributed by atoms with Crippen molar-refractivity contribution in [3.05, 3.63) is 65.2 Å². The minimum atomic E-state index is -3.56. The summed E-state index contributed by atoms with van der Waals surface area (Å²) in [6.07, 6.45) is 5.14. The first-order valence-electron chi connectivity index (χ1n) is 11.6. The Morgan fingerprint density at radius 2 is 1.72 bits per heavy atom. The molecular formula is C24H29ClN4O2S. The smallest absolute Gasteiger partial charge is 0.243 e. The van der Waals surface area contributed by atoms with Crippen LogP contribution in [-0.2, 0) is 10.0 Å². The van der Waals surface area contributed by atoms with Crippen LogP contribution in [0.2, 0.25) is 5.02 Å². The normalized spacial score (nSPS) is 35.3. The van der Waals surface area contributed by atoms with E-state index in [2.05, 4.69) is 46.1 Å². The maximum absolute atomic E-state index is 13.7. The van der Waals surface area contributed by atoms with E-state index in [9.17, 15) is 8.42 Å². The van der Waals surface area contributed by atoms with Gasteiger partial charge >= 0.3 is 0 Å². The summed E-state index contributed by atoms with van der Waals surface area (Å²) in [5.41, 5.74) is 5.09. The summed E-state index contributed by atoms with van der Waals surface area (Å²) in [4.78, 5) is 0.349. The lowest BCUT2D eigenvalue weighted by Gasteiger charge is -2.56. The molecule has 6 unspecified atom stereocenters. The summed E-state index contributed by atoms with van der Waals surface area (Å²) in [6.45, 7) is 0.860. The van der Waals surface area contributed by atoms with Crippen molar-refractivity contribution < 1.29 is 8.42 Å². The van der Waals surface area contributed by atoms with Crippen LogP contribution in [0.3, 0.4) is 0 Å². The third kappa shape index (κ3) is 3.42. The maximum Gasteiger partial charge on any atom is 0.243 e. The average molecular weight is 473 g/mol. The molecule has 0 amide bonds. The standard InChI is InChI=1S/C24H29ClN4O2S/c25-17-9-11-19(12-10-17)32(30,31)29-18-7-4-8-22(29)20-15-26-24-14-21(16-5-2-1-3-6-16)27-28(24)23(20)13-18/h1-3,5-6,9-12,18,20-24,26-27H,4,7-8,13-15H2. The van der Waals surface area contributed by atoms with Crippen LogP contribution in [0.15, 0.2) is 59.5 Å². The third-order valence-electron chi connectivity index (χ3n) is 7.86. The molecule has 6 atom stereocenters. The summed E-state index contributed by atoms with van der Waals surface area (Å²) < 4.78 is 29.2. The lowest BCUT2D eigenvalue weighted by Crippen LogP contribution is -2.71. The molecule has 4 saturated heterocycles. The van der Waals surface area contributed by atoms with Gasteiger partial charge in [0.2, 0.25) is 10.0 Å². The van der Waals surface area contributed by atoms with Crippen LogP contribution in [0.4, 0.5) is 0 Å². The first kappa shape index (κ1) is 21.1. The van der Waals surface area contributed by atoms with E-state index in [0.717, 1.165) is 38.6 Å². The van der Waals surface area contributed by atoms with E-state index in [1.165, 1.54) is 5.56 Å². The lowest BCUT2D eigenvalue weighted by molar-refractivity contribution is -0.0646. The predicted octanol–water partition coefficient (Wildman–Crippen LogP) is 3.52. The van der Waals surface area contributed by atoms with Gasteiger partial charge in [-0.05, 0) is 55.5 Å². The summed E-state index contributed by atoms with van der Waals surface area (Å²) in [5.74, 6) is 0.270. The molecule has 6 rings (SSSR count). The van der Waals surface area contributed by atoms with E-state index in [0.29, 0.717) is 28.2 Å². The van der Waals surface area contributed by atoms with Crippen molar-refractivity contribution in [3.63, 3.8) is 0 Å². The predicted molar refractivity (Wildman–Crippen MR) is 124 cm³/mol. The molecule has 0 aliphatic carbocycles. The molecule has 4 aliphatic heterocycles. The molecule has 170 valence electrons. The molecule has 6 nitrogen and oxygen atoms in total. The molecule has 0 aromatic heterocycles. The zero-order valence-corrected chi connectivity index (χ0v) is 19.5. The second kappa shape index (κ2) is 8.08. The maximum atomic E-state index is 13.7. The Kier molecular flexibility index (Phi) is 5.32. The number of benzene rings is 2. The SMILES string of the molecule is O=S(=O)(c1ccc(Cl)cc1)N1C2CCCC1C1CNC3CC(c4ccccc4)NN3C1C2. The molecule has 4 heterocycles. The van der Waals surface area contributed by atoms with E-state index in [4.69, 9.17) is 11.6 Å². The largest absolute Gasteiger partial charge is 0.300 e. The summed E-state index contributed by atoms with van der Waals surface area (Å²) in [7, 11) is -3.56. The van der Waals surface area contributed by atoms with Gasteiger partial charge in [0.05, 0.1) is 11.1 Å². The third-order valence-corrected chi connectivity index (χ3v) is 10.1. The van der Waals surface area contributed by atoms with Gasteiger partial charge in [0.15, 0.2) is 0 Å². The van der Waals surface area contributed by atoms with E-state index < -0.39 is 10.0 Å². The van der Waals surface area contributed by atoms with Crippen molar-refractivity contribution in [1.29, 1.82) is 0 Å². The van der Waals surface area contributed by atoms with Crippen molar-refractivity contribution in [3.8, 4) is 0 Å². The summed E-state index contributed by atoms with van der Waals surface area (Å²) in [6, 6.07) is 17.9. The lowest BCUT2D eigenvalue weighted by atomic mass is 9.74. The zero-order valence-electron chi connectivity index (χ0n) is 17.9. The van der Waals surface area contributed by atoms with E-state index >= 15 is 0 Å². The molecule has 2 aromatic carbocycles. The van der Waals surface area contributed by atoms with Gasteiger partial charge in [-0.1, -0.05) is 48.4 Å².